The standard InChI is InChI=1S/C13H14N4O2/c1-4-7(2)11-15-16-12(18-11)9-5-10-8(3)17-19-13(10)14-6-9/h5-7H,4H2,1-3H3. The second-order valence-electron chi connectivity index (χ2n) is 4.60. The fourth-order valence-electron chi connectivity index (χ4n) is 1.79. The number of rotatable bonds is 3. The minimum atomic E-state index is 0.260. The van der Waals surface area contributed by atoms with Crippen molar-refractivity contribution in [3.63, 3.8) is 0 Å². The maximum atomic E-state index is 5.67. The number of pyridine rings is 1. The van der Waals surface area contributed by atoms with Crippen molar-refractivity contribution in [2.45, 2.75) is 33.1 Å². The molecule has 0 spiro atoms. The van der Waals surface area contributed by atoms with Gasteiger partial charge in [0, 0.05) is 12.1 Å². The van der Waals surface area contributed by atoms with Crippen molar-refractivity contribution in [1.29, 1.82) is 0 Å². The molecule has 1 unspecified atom stereocenters. The zero-order chi connectivity index (χ0) is 13.4. The molecule has 0 saturated carbocycles. The highest BCUT2D eigenvalue weighted by Crippen LogP contribution is 2.25. The quantitative estimate of drug-likeness (QED) is 0.718. The van der Waals surface area contributed by atoms with Gasteiger partial charge in [-0.05, 0) is 19.4 Å². The van der Waals surface area contributed by atoms with Crippen LogP contribution >= 0.6 is 0 Å². The van der Waals surface area contributed by atoms with E-state index in [1.54, 1.807) is 6.20 Å². The molecule has 0 bridgehead atoms. The normalized spacial score (nSPS) is 13.0. The van der Waals surface area contributed by atoms with Crippen LogP contribution in [0, 0.1) is 6.92 Å². The smallest absolute Gasteiger partial charge is 0.257 e. The number of hydrogen-bond acceptors (Lipinski definition) is 6. The second-order valence-corrected chi connectivity index (χ2v) is 4.60. The van der Waals surface area contributed by atoms with Gasteiger partial charge < -0.3 is 8.94 Å². The highest BCUT2D eigenvalue weighted by Gasteiger charge is 2.15. The van der Waals surface area contributed by atoms with E-state index in [4.69, 9.17) is 8.94 Å². The summed E-state index contributed by atoms with van der Waals surface area (Å²) in [7, 11) is 0. The van der Waals surface area contributed by atoms with Crippen molar-refractivity contribution >= 4 is 11.1 Å². The molecule has 3 aromatic rings. The minimum absolute atomic E-state index is 0.260. The molecule has 0 N–H and O–H groups in total. The third-order valence-corrected chi connectivity index (χ3v) is 3.23. The molecule has 0 saturated heterocycles. The van der Waals surface area contributed by atoms with Gasteiger partial charge in [0.1, 0.15) is 0 Å². The van der Waals surface area contributed by atoms with E-state index in [1.165, 1.54) is 0 Å². The Bertz CT molecular complexity index is 716. The fourth-order valence-corrected chi connectivity index (χ4v) is 1.79. The number of hydrogen-bond donors (Lipinski definition) is 0. The van der Waals surface area contributed by atoms with Crippen molar-refractivity contribution in [2.75, 3.05) is 0 Å². The van der Waals surface area contributed by atoms with E-state index in [1.807, 2.05) is 13.0 Å². The molecule has 6 heteroatoms. The Kier molecular flexibility index (Phi) is 2.77. The zero-order valence-corrected chi connectivity index (χ0v) is 11.0. The van der Waals surface area contributed by atoms with Crippen molar-refractivity contribution < 1.29 is 8.94 Å². The van der Waals surface area contributed by atoms with Crippen LogP contribution in [0.3, 0.4) is 0 Å². The largest absolute Gasteiger partial charge is 0.420 e. The van der Waals surface area contributed by atoms with Crippen molar-refractivity contribution in [2.24, 2.45) is 0 Å². The first-order valence-corrected chi connectivity index (χ1v) is 6.24. The maximum absolute atomic E-state index is 5.67. The molecular weight excluding hydrogens is 244 g/mol. The van der Waals surface area contributed by atoms with Gasteiger partial charge in [0.2, 0.25) is 11.8 Å². The summed E-state index contributed by atoms with van der Waals surface area (Å²) in [6.07, 6.45) is 2.62. The average molecular weight is 258 g/mol. The van der Waals surface area contributed by atoms with E-state index in [0.29, 0.717) is 17.5 Å². The van der Waals surface area contributed by atoms with Crippen molar-refractivity contribution in [1.82, 2.24) is 20.3 Å². The van der Waals surface area contributed by atoms with Crippen LogP contribution in [0.15, 0.2) is 21.2 Å². The maximum Gasteiger partial charge on any atom is 0.257 e. The van der Waals surface area contributed by atoms with E-state index in [0.717, 1.165) is 23.1 Å². The first kappa shape index (κ1) is 11.8. The lowest BCUT2D eigenvalue weighted by molar-refractivity contribution is 0.443. The molecule has 0 amide bonds. The number of fused-ring (bicyclic) bond motifs is 1. The molecule has 1 atom stereocenters. The fraction of sp³-hybridized carbons (Fsp3) is 0.385. The first-order valence-electron chi connectivity index (χ1n) is 6.24. The van der Waals surface area contributed by atoms with Crippen LogP contribution in [0.2, 0.25) is 0 Å². The van der Waals surface area contributed by atoms with Crippen molar-refractivity contribution in [3.05, 3.63) is 23.8 Å². The molecule has 19 heavy (non-hydrogen) atoms. The van der Waals surface area contributed by atoms with Gasteiger partial charge in [-0.15, -0.1) is 10.2 Å². The summed E-state index contributed by atoms with van der Waals surface area (Å²) in [5.74, 6) is 1.39. The Morgan fingerprint density at radius 1 is 1.32 bits per heavy atom. The van der Waals surface area contributed by atoms with E-state index in [9.17, 15) is 0 Å². The summed E-state index contributed by atoms with van der Waals surface area (Å²) in [5, 5.41) is 12.9. The minimum Gasteiger partial charge on any atom is -0.420 e. The Hall–Kier alpha value is -2.24. The summed E-state index contributed by atoms with van der Waals surface area (Å²) >= 11 is 0. The van der Waals surface area contributed by atoms with Crippen LogP contribution in [0.1, 0.15) is 37.8 Å². The third kappa shape index (κ3) is 1.99. The number of aromatic nitrogens is 4. The molecule has 3 rings (SSSR count). The Balaban J connectivity index is 2.03. The average Bonchev–Trinajstić information content (AvgIpc) is 3.05. The molecule has 0 radical (unpaired) electrons. The molecule has 0 fully saturated rings. The summed E-state index contributed by atoms with van der Waals surface area (Å²) in [5.41, 5.74) is 2.09. The number of aryl methyl sites for hydroxylation is 1. The van der Waals surface area contributed by atoms with E-state index in [-0.39, 0.29) is 5.92 Å². The van der Waals surface area contributed by atoms with Gasteiger partial charge >= 0.3 is 0 Å². The highest BCUT2D eigenvalue weighted by molar-refractivity contribution is 5.79. The summed E-state index contributed by atoms with van der Waals surface area (Å²) in [4.78, 5) is 4.20. The molecule has 3 heterocycles. The SMILES string of the molecule is CCC(C)c1nnc(-c2cnc3onc(C)c3c2)o1. The highest BCUT2D eigenvalue weighted by atomic mass is 16.5. The molecule has 6 nitrogen and oxygen atoms in total. The van der Waals surface area contributed by atoms with Gasteiger partial charge in [-0.1, -0.05) is 19.0 Å². The van der Waals surface area contributed by atoms with Crippen LogP contribution in [0.5, 0.6) is 0 Å². The van der Waals surface area contributed by atoms with Gasteiger partial charge in [-0.3, -0.25) is 0 Å². The van der Waals surface area contributed by atoms with Crippen LogP contribution in [0.25, 0.3) is 22.6 Å². The predicted octanol–water partition coefficient (Wildman–Crippen LogP) is 3.09. The molecular formula is C13H14N4O2. The Morgan fingerprint density at radius 2 is 2.16 bits per heavy atom. The first-order chi connectivity index (χ1) is 9.19. The zero-order valence-electron chi connectivity index (χ0n) is 11.0. The van der Waals surface area contributed by atoms with E-state index < -0.39 is 0 Å². The van der Waals surface area contributed by atoms with Gasteiger partial charge in [0.05, 0.1) is 16.6 Å². The second kappa shape index (κ2) is 4.46. The molecule has 0 aliphatic heterocycles. The molecule has 0 aromatic carbocycles. The number of nitrogens with zero attached hydrogens (tertiary/aromatic N) is 4. The van der Waals surface area contributed by atoms with Crippen LogP contribution in [-0.4, -0.2) is 20.3 Å². The molecule has 0 aliphatic carbocycles. The van der Waals surface area contributed by atoms with Gasteiger partial charge in [0.15, 0.2) is 0 Å². The molecule has 0 aliphatic rings. The van der Waals surface area contributed by atoms with Crippen LogP contribution < -0.4 is 0 Å². The van der Waals surface area contributed by atoms with Gasteiger partial charge in [-0.2, -0.15) is 0 Å². The van der Waals surface area contributed by atoms with E-state index in [2.05, 4.69) is 34.2 Å². The lowest BCUT2D eigenvalue weighted by Crippen LogP contribution is -1.90. The molecule has 98 valence electrons. The van der Waals surface area contributed by atoms with Crippen LogP contribution in [-0.2, 0) is 0 Å². The monoisotopic (exact) mass is 258 g/mol. The Morgan fingerprint density at radius 3 is 2.95 bits per heavy atom. The van der Waals surface area contributed by atoms with Crippen LogP contribution in [0.4, 0.5) is 0 Å². The summed E-state index contributed by atoms with van der Waals surface area (Å²) < 4.78 is 10.7. The lowest BCUT2D eigenvalue weighted by atomic mass is 10.1. The van der Waals surface area contributed by atoms with E-state index >= 15 is 0 Å². The third-order valence-electron chi connectivity index (χ3n) is 3.23. The van der Waals surface area contributed by atoms with Gasteiger partial charge in [-0.25, -0.2) is 4.98 Å². The molecule has 3 aromatic heterocycles. The topological polar surface area (TPSA) is 77.8 Å². The van der Waals surface area contributed by atoms with Gasteiger partial charge in [0.25, 0.3) is 5.71 Å². The summed E-state index contributed by atoms with van der Waals surface area (Å²) in [6.45, 7) is 6.02. The predicted molar refractivity (Wildman–Crippen MR) is 68.5 cm³/mol. The Labute approximate surface area is 109 Å². The van der Waals surface area contributed by atoms with Crippen molar-refractivity contribution in [3.8, 4) is 11.5 Å². The summed E-state index contributed by atoms with van der Waals surface area (Å²) in [6, 6.07) is 1.90. The lowest BCUT2D eigenvalue weighted by Gasteiger charge is -1.99.